The summed E-state index contributed by atoms with van der Waals surface area (Å²) >= 11 is 0. The molecule has 0 spiro atoms. The van der Waals surface area contributed by atoms with Crippen LogP contribution in [0.4, 0.5) is 4.39 Å². The van der Waals surface area contributed by atoms with Crippen molar-refractivity contribution in [3.63, 3.8) is 0 Å². The number of carbonyl (C=O) groups is 1. The zero-order chi connectivity index (χ0) is 23.5. The van der Waals surface area contributed by atoms with Gasteiger partial charge in [0.1, 0.15) is 12.0 Å². The lowest BCUT2D eigenvalue weighted by Gasteiger charge is -2.29. The van der Waals surface area contributed by atoms with Gasteiger partial charge in [-0.3, -0.25) is 9.69 Å². The highest BCUT2D eigenvalue weighted by Gasteiger charge is 2.22. The molecule has 0 aliphatic rings. The largest absolute Gasteiger partial charge is 0.493 e. The fourth-order valence-electron chi connectivity index (χ4n) is 3.54. The molecule has 0 amide bonds. The van der Waals surface area contributed by atoms with Gasteiger partial charge >= 0.3 is 5.97 Å². The van der Waals surface area contributed by atoms with Crippen LogP contribution in [-0.2, 0) is 17.9 Å². The number of aromatic nitrogens is 1. The maximum atomic E-state index is 13.3. The molecule has 0 saturated heterocycles. The van der Waals surface area contributed by atoms with Gasteiger partial charge in [-0.25, -0.2) is 4.98 Å². The Balaban J connectivity index is 1.72. The number of carboxylic acid groups (broad SMARTS) is 1. The van der Waals surface area contributed by atoms with E-state index in [9.17, 15) is 14.3 Å². The molecule has 1 unspecified atom stereocenters. The van der Waals surface area contributed by atoms with Crippen molar-refractivity contribution in [3.8, 4) is 5.75 Å². The number of hydrogen-bond donors (Lipinski definition) is 2. The number of rotatable bonds is 13. The SMILES string of the molecule is O=C(O)CCCCCOc1ccccc1C(O)N(Cc1ccccc1)Cc1ccc(F)nc1. The van der Waals surface area contributed by atoms with Crippen LogP contribution < -0.4 is 4.74 Å². The third-order valence-electron chi connectivity index (χ3n) is 5.24. The minimum atomic E-state index is -0.960. The van der Waals surface area contributed by atoms with E-state index < -0.39 is 18.1 Å². The smallest absolute Gasteiger partial charge is 0.303 e. The van der Waals surface area contributed by atoms with Crippen LogP contribution in [0.3, 0.4) is 0 Å². The van der Waals surface area contributed by atoms with Crippen LogP contribution in [0.5, 0.6) is 5.75 Å². The second kappa shape index (κ2) is 12.7. The first-order chi connectivity index (χ1) is 16.0. The van der Waals surface area contributed by atoms with Crippen LogP contribution in [0.25, 0.3) is 0 Å². The zero-order valence-electron chi connectivity index (χ0n) is 18.4. The second-order valence-electron chi connectivity index (χ2n) is 7.84. The van der Waals surface area contributed by atoms with Gasteiger partial charge in [0.25, 0.3) is 0 Å². The number of para-hydroxylation sites is 1. The molecule has 0 radical (unpaired) electrons. The van der Waals surface area contributed by atoms with Crippen molar-refractivity contribution in [2.75, 3.05) is 6.61 Å². The highest BCUT2D eigenvalue weighted by atomic mass is 19.1. The molecular weight excluding hydrogens is 423 g/mol. The lowest BCUT2D eigenvalue weighted by molar-refractivity contribution is -0.137. The summed E-state index contributed by atoms with van der Waals surface area (Å²) in [5.41, 5.74) is 2.45. The maximum absolute atomic E-state index is 13.3. The minimum Gasteiger partial charge on any atom is -0.493 e. The Morgan fingerprint density at radius 3 is 2.39 bits per heavy atom. The number of carboxylic acids is 1. The molecule has 6 nitrogen and oxygen atoms in total. The van der Waals surface area contributed by atoms with Gasteiger partial charge in [0, 0.05) is 31.3 Å². The Labute approximate surface area is 193 Å². The second-order valence-corrected chi connectivity index (χ2v) is 7.84. The van der Waals surface area contributed by atoms with Crippen molar-refractivity contribution in [3.05, 3.63) is 95.6 Å². The Bertz CT molecular complexity index is 999. The number of ether oxygens (including phenoxy) is 1. The van der Waals surface area contributed by atoms with Gasteiger partial charge in [-0.05, 0) is 42.5 Å². The van der Waals surface area contributed by atoms with Crippen molar-refractivity contribution in [1.82, 2.24) is 9.88 Å². The summed E-state index contributed by atoms with van der Waals surface area (Å²) in [6.45, 7) is 1.28. The number of aliphatic hydroxyl groups excluding tert-OH is 1. The van der Waals surface area contributed by atoms with Crippen LogP contribution in [0.2, 0.25) is 0 Å². The Hall–Kier alpha value is -3.29. The monoisotopic (exact) mass is 452 g/mol. The number of benzene rings is 2. The van der Waals surface area contributed by atoms with Gasteiger partial charge < -0.3 is 14.9 Å². The highest BCUT2D eigenvalue weighted by molar-refractivity contribution is 5.66. The number of pyridine rings is 1. The topological polar surface area (TPSA) is 82.9 Å². The third kappa shape index (κ3) is 7.97. The molecule has 1 atom stereocenters. The summed E-state index contributed by atoms with van der Waals surface area (Å²) in [6, 6.07) is 20.1. The Morgan fingerprint density at radius 1 is 0.939 bits per heavy atom. The van der Waals surface area contributed by atoms with E-state index in [1.54, 1.807) is 6.07 Å². The molecule has 0 bridgehead atoms. The predicted octanol–water partition coefficient (Wildman–Crippen LogP) is 4.94. The van der Waals surface area contributed by atoms with Gasteiger partial charge in [0.2, 0.25) is 5.95 Å². The van der Waals surface area contributed by atoms with E-state index in [2.05, 4.69) is 4.98 Å². The third-order valence-corrected chi connectivity index (χ3v) is 5.24. The molecule has 1 heterocycles. The Morgan fingerprint density at radius 2 is 1.67 bits per heavy atom. The molecular formula is C26H29FN2O4. The fourth-order valence-corrected chi connectivity index (χ4v) is 3.54. The summed E-state index contributed by atoms with van der Waals surface area (Å²) in [4.78, 5) is 16.2. The Kier molecular flexibility index (Phi) is 9.35. The first-order valence-electron chi connectivity index (χ1n) is 11.0. The lowest BCUT2D eigenvalue weighted by atomic mass is 10.1. The van der Waals surface area contributed by atoms with Crippen LogP contribution in [0, 0.1) is 5.95 Å². The molecule has 174 valence electrons. The van der Waals surface area contributed by atoms with E-state index in [0.717, 1.165) is 24.0 Å². The van der Waals surface area contributed by atoms with Crippen molar-refractivity contribution in [2.24, 2.45) is 0 Å². The van der Waals surface area contributed by atoms with Crippen LogP contribution in [0.1, 0.15) is 48.6 Å². The van der Waals surface area contributed by atoms with Crippen LogP contribution >= 0.6 is 0 Å². The molecule has 0 fully saturated rings. The van der Waals surface area contributed by atoms with Crippen molar-refractivity contribution >= 4 is 5.97 Å². The summed E-state index contributed by atoms with van der Waals surface area (Å²) in [7, 11) is 0. The molecule has 7 heteroatoms. The van der Waals surface area contributed by atoms with Crippen LogP contribution in [0.15, 0.2) is 72.9 Å². The number of aliphatic carboxylic acids is 1. The summed E-state index contributed by atoms with van der Waals surface area (Å²) < 4.78 is 19.2. The van der Waals surface area contributed by atoms with Gasteiger partial charge in [-0.2, -0.15) is 4.39 Å². The quantitative estimate of drug-likeness (QED) is 0.217. The first-order valence-corrected chi connectivity index (χ1v) is 11.0. The number of halogens is 1. The van der Waals surface area contributed by atoms with Gasteiger partial charge in [0.15, 0.2) is 0 Å². The van der Waals surface area contributed by atoms with Crippen molar-refractivity contribution < 1.29 is 24.1 Å². The summed E-state index contributed by atoms with van der Waals surface area (Å²) in [5.74, 6) is -0.756. The van der Waals surface area contributed by atoms with Crippen LogP contribution in [-0.4, -0.2) is 32.7 Å². The highest BCUT2D eigenvalue weighted by Crippen LogP contribution is 2.30. The standard InChI is InChI=1S/C26H29FN2O4/c27-24-15-14-21(17-28-24)19-29(18-20-9-3-1-4-10-20)26(32)22-11-6-7-12-23(22)33-16-8-2-5-13-25(30)31/h1,3-4,6-7,9-12,14-15,17,26,32H,2,5,8,13,16,18-19H2,(H,30,31). The number of aliphatic hydroxyl groups is 1. The molecule has 0 saturated carbocycles. The molecule has 2 aromatic carbocycles. The van der Waals surface area contributed by atoms with E-state index in [-0.39, 0.29) is 6.42 Å². The van der Waals surface area contributed by atoms with Crippen molar-refractivity contribution in [1.29, 1.82) is 0 Å². The van der Waals surface area contributed by atoms with E-state index >= 15 is 0 Å². The fraction of sp³-hybridized carbons (Fsp3) is 0.308. The van der Waals surface area contributed by atoms with Gasteiger partial charge in [0.05, 0.1) is 6.61 Å². The maximum Gasteiger partial charge on any atom is 0.303 e. The summed E-state index contributed by atoms with van der Waals surface area (Å²) in [5, 5.41) is 20.1. The average molecular weight is 453 g/mol. The molecule has 3 aromatic rings. The molecule has 0 aliphatic heterocycles. The number of hydrogen-bond acceptors (Lipinski definition) is 5. The number of unbranched alkanes of at least 4 members (excludes halogenated alkanes) is 2. The van der Waals surface area contributed by atoms with Crippen molar-refractivity contribution in [2.45, 2.75) is 45.0 Å². The predicted molar refractivity (Wildman–Crippen MR) is 123 cm³/mol. The number of nitrogens with zero attached hydrogens (tertiary/aromatic N) is 2. The summed E-state index contributed by atoms with van der Waals surface area (Å²) in [6.07, 6.45) is 2.76. The minimum absolute atomic E-state index is 0.155. The van der Waals surface area contributed by atoms with E-state index in [1.807, 2.05) is 59.5 Å². The molecule has 3 rings (SSSR count). The molecule has 2 N–H and O–H groups in total. The molecule has 0 aliphatic carbocycles. The zero-order valence-corrected chi connectivity index (χ0v) is 18.4. The van der Waals surface area contributed by atoms with E-state index in [0.29, 0.717) is 37.4 Å². The van der Waals surface area contributed by atoms with Gasteiger partial charge in [-0.1, -0.05) is 54.6 Å². The first kappa shape index (κ1) is 24.4. The molecule has 33 heavy (non-hydrogen) atoms. The molecule has 1 aromatic heterocycles. The van der Waals surface area contributed by atoms with E-state index in [1.165, 1.54) is 12.3 Å². The lowest BCUT2D eigenvalue weighted by Crippen LogP contribution is -2.28. The average Bonchev–Trinajstić information content (AvgIpc) is 2.82. The normalized spacial score (nSPS) is 12.0. The van der Waals surface area contributed by atoms with Gasteiger partial charge in [-0.15, -0.1) is 0 Å². The van der Waals surface area contributed by atoms with E-state index in [4.69, 9.17) is 9.84 Å².